The van der Waals surface area contributed by atoms with Crippen LogP contribution in [0.1, 0.15) is 22.3 Å². The van der Waals surface area contributed by atoms with Crippen LogP contribution in [0.15, 0.2) is 42.6 Å². The lowest BCUT2D eigenvalue weighted by Gasteiger charge is -2.19. The third kappa shape index (κ3) is 5.51. The monoisotopic (exact) mass is 520 g/mol. The van der Waals surface area contributed by atoms with Crippen LogP contribution in [0, 0.1) is 6.92 Å². The number of hydrogen-bond donors (Lipinski definition) is 3. The van der Waals surface area contributed by atoms with Crippen LogP contribution >= 0.6 is 0 Å². The fourth-order valence-electron chi connectivity index (χ4n) is 3.64. The van der Waals surface area contributed by atoms with Crippen molar-refractivity contribution in [3.63, 3.8) is 0 Å². The molecule has 0 saturated heterocycles. The van der Waals surface area contributed by atoms with Gasteiger partial charge in [-0.05, 0) is 53.9 Å². The van der Waals surface area contributed by atoms with Gasteiger partial charge in [-0.3, -0.25) is 9.10 Å². The van der Waals surface area contributed by atoms with E-state index in [1.54, 1.807) is 43.3 Å². The zero-order valence-corrected chi connectivity index (χ0v) is 20.4. The summed E-state index contributed by atoms with van der Waals surface area (Å²) in [4.78, 5) is 19.4. The minimum atomic E-state index is -4.70. The van der Waals surface area contributed by atoms with E-state index in [1.165, 1.54) is 7.05 Å². The van der Waals surface area contributed by atoms with E-state index in [2.05, 4.69) is 25.9 Å². The highest BCUT2D eigenvalue weighted by atomic mass is 32.2. The molecule has 0 fully saturated rings. The lowest BCUT2D eigenvalue weighted by atomic mass is 10.1. The standard InChI is InChI=1S/C23H23F3N6O3S/c1-13-4-6-17(32(2)36(3,34)35)9-15(13)11-27-21-18(23(24,25)26)12-28-22(31-21)29-16-5-7-19-14(8-16)10-20(33)30-19/h4-9,12H,10-11H2,1-3H3,(H,30,33)(H2,27,28,29,31). The molecule has 3 N–H and O–H groups in total. The Balaban J connectivity index is 1.60. The van der Waals surface area contributed by atoms with Crippen molar-refractivity contribution in [2.24, 2.45) is 0 Å². The van der Waals surface area contributed by atoms with Crippen LogP contribution < -0.4 is 20.3 Å². The van der Waals surface area contributed by atoms with E-state index in [0.29, 0.717) is 28.8 Å². The number of anilines is 5. The Kier molecular flexibility index (Phi) is 6.52. The maximum absolute atomic E-state index is 13.6. The van der Waals surface area contributed by atoms with Crippen LogP contribution in [0.3, 0.4) is 0 Å². The molecule has 0 unspecified atom stereocenters. The number of sulfonamides is 1. The lowest BCUT2D eigenvalue weighted by Crippen LogP contribution is -2.25. The number of aryl methyl sites for hydroxylation is 1. The van der Waals surface area contributed by atoms with Crippen LogP contribution in [0.4, 0.5) is 42.0 Å². The van der Waals surface area contributed by atoms with Crippen molar-refractivity contribution < 1.29 is 26.4 Å². The van der Waals surface area contributed by atoms with Gasteiger partial charge in [-0.25, -0.2) is 13.4 Å². The van der Waals surface area contributed by atoms with Gasteiger partial charge in [0.1, 0.15) is 11.4 Å². The van der Waals surface area contributed by atoms with Gasteiger partial charge in [-0.2, -0.15) is 18.2 Å². The highest BCUT2D eigenvalue weighted by Crippen LogP contribution is 2.35. The molecule has 1 aromatic heterocycles. The lowest BCUT2D eigenvalue weighted by molar-refractivity contribution is -0.137. The van der Waals surface area contributed by atoms with Gasteiger partial charge in [0.15, 0.2) is 0 Å². The Morgan fingerprint density at radius 1 is 1.17 bits per heavy atom. The molecule has 0 aliphatic carbocycles. The molecule has 1 aliphatic heterocycles. The molecular formula is C23H23F3N6O3S. The highest BCUT2D eigenvalue weighted by molar-refractivity contribution is 7.92. The molecule has 2 aromatic carbocycles. The first-order chi connectivity index (χ1) is 16.8. The molecule has 190 valence electrons. The van der Waals surface area contributed by atoms with Crippen molar-refractivity contribution in [2.45, 2.75) is 26.1 Å². The molecule has 9 nitrogen and oxygen atoms in total. The molecule has 0 atom stereocenters. The number of aromatic nitrogens is 2. The molecule has 3 aromatic rings. The first kappa shape index (κ1) is 25.2. The number of fused-ring (bicyclic) bond motifs is 1. The molecule has 1 amide bonds. The van der Waals surface area contributed by atoms with E-state index in [-0.39, 0.29) is 24.8 Å². The summed E-state index contributed by atoms with van der Waals surface area (Å²) in [5.74, 6) is -0.634. The number of amides is 1. The highest BCUT2D eigenvalue weighted by Gasteiger charge is 2.35. The van der Waals surface area contributed by atoms with Crippen molar-refractivity contribution >= 4 is 44.8 Å². The Hall–Kier alpha value is -3.87. The average Bonchev–Trinajstić information content (AvgIpc) is 3.16. The van der Waals surface area contributed by atoms with Crippen LogP contribution in [0.5, 0.6) is 0 Å². The third-order valence-corrected chi connectivity index (χ3v) is 6.93. The summed E-state index contributed by atoms with van der Waals surface area (Å²) in [5, 5.41) is 8.31. The maximum atomic E-state index is 13.6. The van der Waals surface area contributed by atoms with Crippen molar-refractivity contribution in [2.75, 3.05) is 33.6 Å². The van der Waals surface area contributed by atoms with Crippen molar-refractivity contribution in [1.82, 2.24) is 9.97 Å². The molecule has 4 rings (SSSR count). The first-order valence-corrected chi connectivity index (χ1v) is 12.6. The van der Waals surface area contributed by atoms with Crippen molar-refractivity contribution in [3.05, 3.63) is 64.8 Å². The Bertz CT molecular complexity index is 1440. The number of alkyl halides is 3. The second kappa shape index (κ2) is 9.30. The quantitative estimate of drug-likeness (QED) is 0.430. The molecule has 0 saturated carbocycles. The van der Waals surface area contributed by atoms with Gasteiger partial charge in [-0.15, -0.1) is 0 Å². The van der Waals surface area contributed by atoms with Gasteiger partial charge >= 0.3 is 6.18 Å². The molecule has 36 heavy (non-hydrogen) atoms. The second-order valence-corrected chi connectivity index (χ2v) is 10.4. The summed E-state index contributed by atoms with van der Waals surface area (Å²) in [6, 6.07) is 9.96. The van der Waals surface area contributed by atoms with Gasteiger partial charge in [0.2, 0.25) is 21.9 Å². The SMILES string of the molecule is Cc1ccc(N(C)S(C)(=O)=O)cc1CNc1nc(Nc2ccc3c(c2)CC(=O)N3)ncc1C(F)(F)F. The Morgan fingerprint density at radius 2 is 1.92 bits per heavy atom. The van der Waals surface area contributed by atoms with E-state index in [9.17, 15) is 26.4 Å². The smallest absolute Gasteiger partial charge is 0.365 e. The number of carbonyl (C=O) groups is 1. The summed E-state index contributed by atoms with van der Waals surface area (Å²) in [7, 11) is -2.11. The van der Waals surface area contributed by atoms with Gasteiger partial charge in [0.25, 0.3) is 0 Å². The van der Waals surface area contributed by atoms with Crippen LogP contribution in [0.25, 0.3) is 0 Å². The Labute approximate surface area is 205 Å². The predicted molar refractivity (Wildman–Crippen MR) is 131 cm³/mol. The first-order valence-electron chi connectivity index (χ1n) is 10.7. The average molecular weight is 521 g/mol. The van der Waals surface area contributed by atoms with Gasteiger partial charge < -0.3 is 16.0 Å². The predicted octanol–water partition coefficient (Wildman–Crippen LogP) is 4.05. The van der Waals surface area contributed by atoms with Crippen molar-refractivity contribution in [1.29, 1.82) is 0 Å². The summed E-state index contributed by atoms with van der Waals surface area (Å²) in [5.41, 5.74) is 2.65. The summed E-state index contributed by atoms with van der Waals surface area (Å²) >= 11 is 0. The molecule has 2 heterocycles. The van der Waals surface area contributed by atoms with Crippen LogP contribution in [0.2, 0.25) is 0 Å². The summed E-state index contributed by atoms with van der Waals surface area (Å²) in [6.45, 7) is 1.73. The van der Waals surface area contributed by atoms with E-state index in [4.69, 9.17) is 0 Å². The topological polar surface area (TPSA) is 116 Å². The maximum Gasteiger partial charge on any atom is 0.421 e. The van der Waals surface area contributed by atoms with Gasteiger partial charge in [0.05, 0.1) is 18.4 Å². The number of hydrogen-bond acceptors (Lipinski definition) is 7. The number of rotatable bonds is 7. The normalized spacial score (nSPS) is 13.2. The molecule has 0 bridgehead atoms. The number of carbonyl (C=O) groups excluding carboxylic acids is 1. The molecule has 0 spiro atoms. The van der Waals surface area contributed by atoms with Gasteiger partial charge in [0, 0.05) is 31.2 Å². The second-order valence-electron chi connectivity index (χ2n) is 8.37. The van der Waals surface area contributed by atoms with Crippen LogP contribution in [-0.2, 0) is 34.0 Å². The number of nitrogens with one attached hydrogen (secondary N) is 3. The number of benzene rings is 2. The molecular weight excluding hydrogens is 497 g/mol. The van der Waals surface area contributed by atoms with E-state index in [1.807, 2.05) is 0 Å². The Morgan fingerprint density at radius 3 is 2.61 bits per heavy atom. The third-order valence-electron chi connectivity index (χ3n) is 5.72. The summed E-state index contributed by atoms with van der Waals surface area (Å²) < 4.78 is 65.8. The zero-order chi connectivity index (χ0) is 26.3. The minimum Gasteiger partial charge on any atom is -0.365 e. The zero-order valence-electron chi connectivity index (χ0n) is 19.6. The van der Waals surface area contributed by atoms with Crippen molar-refractivity contribution in [3.8, 4) is 0 Å². The van der Waals surface area contributed by atoms with E-state index >= 15 is 0 Å². The van der Waals surface area contributed by atoms with E-state index in [0.717, 1.165) is 21.7 Å². The number of nitrogens with zero attached hydrogens (tertiary/aromatic N) is 3. The largest absolute Gasteiger partial charge is 0.421 e. The number of halogens is 3. The van der Waals surface area contributed by atoms with Gasteiger partial charge in [-0.1, -0.05) is 6.07 Å². The van der Waals surface area contributed by atoms with Crippen LogP contribution in [-0.4, -0.2) is 37.6 Å². The molecule has 0 radical (unpaired) electrons. The molecule has 13 heteroatoms. The van der Waals surface area contributed by atoms with E-state index < -0.39 is 27.6 Å². The molecule has 1 aliphatic rings. The fourth-order valence-corrected chi connectivity index (χ4v) is 4.13. The summed E-state index contributed by atoms with van der Waals surface area (Å²) in [6.07, 6.45) is -2.74. The minimum absolute atomic E-state index is 0.0383. The fraction of sp³-hybridized carbons (Fsp3) is 0.261.